The van der Waals surface area contributed by atoms with E-state index in [1.54, 1.807) is 42.5 Å². The molecule has 2 rings (SSSR count). The van der Waals surface area contributed by atoms with E-state index in [9.17, 15) is 4.79 Å². The third-order valence-electron chi connectivity index (χ3n) is 2.28. The summed E-state index contributed by atoms with van der Waals surface area (Å²) in [6.45, 7) is 0. The number of thiazole rings is 1. The molecule has 0 aliphatic heterocycles. The van der Waals surface area contributed by atoms with Crippen molar-refractivity contribution in [2.24, 2.45) is 0 Å². The molecule has 0 atom stereocenters. The highest BCUT2D eigenvalue weighted by molar-refractivity contribution is 7.07. The highest BCUT2D eigenvalue weighted by Gasteiger charge is 2.00. The molecule has 0 fully saturated rings. The van der Waals surface area contributed by atoms with Crippen molar-refractivity contribution >= 4 is 34.6 Å². The van der Waals surface area contributed by atoms with Crippen LogP contribution in [0.1, 0.15) is 5.56 Å². The van der Waals surface area contributed by atoms with Crippen molar-refractivity contribution < 1.29 is 0 Å². The highest BCUT2D eigenvalue weighted by Crippen LogP contribution is 2.09. The van der Waals surface area contributed by atoms with Crippen LogP contribution in [0.25, 0.3) is 11.6 Å². The molecule has 0 radical (unpaired) electrons. The number of halogens is 1. The average Bonchev–Trinajstić information content (AvgIpc) is 2.75. The van der Waals surface area contributed by atoms with Gasteiger partial charge in [-0.3, -0.25) is 4.79 Å². The van der Waals surface area contributed by atoms with E-state index >= 15 is 0 Å². The molecule has 1 aromatic carbocycles. The second kappa shape index (κ2) is 5.53. The summed E-state index contributed by atoms with van der Waals surface area (Å²) in [7, 11) is 0. The van der Waals surface area contributed by atoms with Crippen LogP contribution in [0.4, 0.5) is 0 Å². The number of nitrogens with one attached hydrogen (secondary N) is 1. The standard InChI is InChI=1S/C13H6ClN3OS/c14-10-3-1-8(2-4-10)5-11-12(18)17-13(19-11)9(6-15)7-16/h1-5H,(H,17,18)/b11-5-. The minimum atomic E-state index is -0.321. The van der Waals surface area contributed by atoms with E-state index in [4.69, 9.17) is 22.1 Å². The zero-order chi connectivity index (χ0) is 13.8. The van der Waals surface area contributed by atoms with Gasteiger partial charge in [0, 0.05) is 5.02 Å². The van der Waals surface area contributed by atoms with Gasteiger partial charge < -0.3 is 4.98 Å². The van der Waals surface area contributed by atoms with Gasteiger partial charge in [-0.2, -0.15) is 10.5 Å². The Kier molecular flexibility index (Phi) is 3.82. The highest BCUT2D eigenvalue weighted by atomic mass is 35.5. The van der Waals surface area contributed by atoms with E-state index in [0.717, 1.165) is 16.9 Å². The van der Waals surface area contributed by atoms with Gasteiger partial charge in [0.15, 0.2) is 5.57 Å². The van der Waals surface area contributed by atoms with Crippen LogP contribution in [0.3, 0.4) is 0 Å². The van der Waals surface area contributed by atoms with E-state index in [1.807, 2.05) is 0 Å². The number of aromatic amines is 1. The minimum absolute atomic E-state index is 0.0992. The number of hydrogen-bond donors (Lipinski definition) is 1. The fraction of sp³-hybridized carbons (Fsp3) is 0. The van der Waals surface area contributed by atoms with Crippen molar-refractivity contribution in [1.29, 1.82) is 10.5 Å². The lowest BCUT2D eigenvalue weighted by molar-refractivity contribution is 1.25. The Bertz CT molecular complexity index is 847. The number of aromatic nitrogens is 1. The van der Waals surface area contributed by atoms with Crippen LogP contribution in [-0.4, -0.2) is 4.98 Å². The summed E-state index contributed by atoms with van der Waals surface area (Å²) in [5, 5.41) is 18.1. The Morgan fingerprint density at radius 3 is 2.47 bits per heavy atom. The third kappa shape index (κ3) is 2.92. The van der Waals surface area contributed by atoms with Gasteiger partial charge in [0.1, 0.15) is 16.8 Å². The summed E-state index contributed by atoms with van der Waals surface area (Å²) in [5.41, 5.74) is 0.398. The van der Waals surface area contributed by atoms with Crippen LogP contribution in [0, 0.1) is 22.7 Å². The van der Waals surface area contributed by atoms with Crippen LogP contribution in [0.15, 0.2) is 29.1 Å². The molecule has 0 amide bonds. The largest absolute Gasteiger partial charge is 0.311 e. The minimum Gasteiger partial charge on any atom is -0.311 e. The molecule has 4 nitrogen and oxygen atoms in total. The van der Waals surface area contributed by atoms with Gasteiger partial charge in [-0.25, -0.2) is 0 Å². The van der Waals surface area contributed by atoms with Crippen LogP contribution < -0.4 is 14.8 Å². The lowest BCUT2D eigenvalue weighted by Gasteiger charge is -1.91. The fourth-order valence-electron chi connectivity index (χ4n) is 1.39. The molecule has 6 heteroatoms. The van der Waals surface area contributed by atoms with E-state index in [-0.39, 0.29) is 15.8 Å². The molecule has 92 valence electrons. The van der Waals surface area contributed by atoms with E-state index in [0.29, 0.717) is 9.55 Å². The van der Waals surface area contributed by atoms with Gasteiger partial charge >= 0.3 is 0 Å². The summed E-state index contributed by atoms with van der Waals surface area (Å²) in [6.07, 6.45) is 1.68. The Hall–Kier alpha value is -2.34. The Balaban J connectivity index is 2.64. The molecule has 0 unspecified atom stereocenters. The monoisotopic (exact) mass is 287 g/mol. The summed E-state index contributed by atoms with van der Waals surface area (Å²) < 4.78 is 0.704. The Morgan fingerprint density at radius 2 is 1.89 bits per heavy atom. The van der Waals surface area contributed by atoms with E-state index in [2.05, 4.69) is 4.98 Å². The van der Waals surface area contributed by atoms with Crippen LogP contribution >= 0.6 is 22.9 Å². The lowest BCUT2D eigenvalue weighted by Crippen LogP contribution is -2.20. The zero-order valence-corrected chi connectivity index (χ0v) is 11.0. The number of nitrogens with zero attached hydrogens (tertiary/aromatic N) is 2. The first kappa shape index (κ1) is 13.1. The van der Waals surface area contributed by atoms with Gasteiger partial charge in [-0.1, -0.05) is 23.7 Å². The number of benzene rings is 1. The molecule has 0 spiro atoms. The van der Waals surface area contributed by atoms with Crippen LogP contribution in [0.2, 0.25) is 5.02 Å². The van der Waals surface area contributed by atoms with Crippen molar-refractivity contribution in [3.8, 4) is 12.1 Å². The van der Waals surface area contributed by atoms with Crippen molar-refractivity contribution in [3.63, 3.8) is 0 Å². The molecule has 0 aliphatic rings. The molecule has 19 heavy (non-hydrogen) atoms. The summed E-state index contributed by atoms with van der Waals surface area (Å²) in [4.78, 5) is 14.2. The SMILES string of the molecule is N#CC(C#N)=c1[nH]c(=O)/c(=C/c2ccc(Cl)cc2)s1. The van der Waals surface area contributed by atoms with E-state index < -0.39 is 0 Å². The number of H-pyrrole nitrogens is 1. The quantitative estimate of drug-likeness (QED) is 0.853. The first-order valence-electron chi connectivity index (χ1n) is 5.15. The summed E-state index contributed by atoms with van der Waals surface area (Å²) in [6, 6.07) is 10.5. The Labute approximate surface area is 117 Å². The summed E-state index contributed by atoms with van der Waals surface area (Å²) in [5.74, 6) is 0. The predicted octanol–water partition coefficient (Wildman–Crippen LogP) is 1.12. The Morgan fingerprint density at radius 1 is 1.26 bits per heavy atom. The number of hydrogen-bond acceptors (Lipinski definition) is 4. The van der Waals surface area contributed by atoms with Crippen molar-refractivity contribution in [1.82, 2.24) is 4.98 Å². The fourth-order valence-corrected chi connectivity index (χ4v) is 2.41. The molecule has 1 aromatic heterocycles. The van der Waals surface area contributed by atoms with Gasteiger partial charge in [-0.15, -0.1) is 11.3 Å². The van der Waals surface area contributed by atoms with Crippen molar-refractivity contribution in [2.45, 2.75) is 0 Å². The molecule has 0 bridgehead atoms. The van der Waals surface area contributed by atoms with Gasteiger partial charge in [0.2, 0.25) is 0 Å². The predicted molar refractivity (Wildman–Crippen MR) is 73.8 cm³/mol. The first-order chi connectivity index (χ1) is 9.13. The van der Waals surface area contributed by atoms with Crippen molar-refractivity contribution in [2.75, 3.05) is 0 Å². The smallest absolute Gasteiger partial charge is 0.266 e. The molecule has 1 N–H and O–H groups in total. The maximum atomic E-state index is 11.7. The topological polar surface area (TPSA) is 80.4 Å². The average molecular weight is 288 g/mol. The van der Waals surface area contributed by atoms with Crippen molar-refractivity contribution in [3.05, 3.63) is 54.4 Å². The summed E-state index contributed by atoms with van der Waals surface area (Å²) >= 11 is 6.85. The van der Waals surface area contributed by atoms with Crippen LogP contribution in [-0.2, 0) is 0 Å². The first-order valence-corrected chi connectivity index (χ1v) is 6.34. The molecule has 2 aromatic rings. The zero-order valence-electron chi connectivity index (χ0n) is 9.48. The molecular weight excluding hydrogens is 282 g/mol. The normalized spacial score (nSPS) is 10.8. The molecule has 0 saturated heterocycles. The van der Waals surface area contributed by atoms with E-state index in [1.165, 1.54) is 0 Å². The molecule has 0 aliphatic carbocycles. The van der Waals surface area contributed by atoms with Gasteiger partial charge in [0.25, 0.3) is 5.56 Å². The van der Waals surface area contributed by atoms with Gasteiger partial charge in [-0.05, 0) is 23.8 Å². The van der Waals surface area contributed by atoms with Crippen LogP contribution in [0.5, 0.6) is 0 Å². The number of nitriles is 2. The maximum Gasteiger partial charge on any atom is 0.266 e. The maximum absolute atomic E-state index is 11.7. The lowest BCUT2D eigenvalue weighted by atomic mass is 10.2. The second-order valence-electron chi connectivity index (χ2n) is 3.54. The molecule has 1 heterocycles. The number of rotatable bonds is 1. The van der Waals surface area contributed by atoms with Gasteiger partial charge in [0.05, 0.1) is 4.53 Å². The molecular formula is C13H6ClN3OS. The third-order valence-corrected chi connectivity index (χ3v) is 3.57. The second-order valence-corrected chi connectivity index (χ2v) is 5.03. The molecule has 0 saturated carbocycles.